The molecule has 1 aliphatic carbocycles. The first-order valence-corrected chi connectivity index (χ1v) is 7.37. The minimum Gasteiger partial charge on any atom is -0.494 e. The largest absolute Gasteiger partial charge is 0.494 e. The van der Waals surface area contributed by atoms with Gasteiger partial charge in [0, 0.05) is 0 Å². The van der Waals surface area contributed by atoms with Crippen molar-refractivity contribution in [3.63, 3.8) is 0 Å². The first kappa shape index (κ1) is 13.4. The van der Waals surface area contributed by atoms with Gasteiger partial charge < -0.3 is 10.1 Å². The summed E-state index contributed by atoms with van der Waals surface area (Å²) in [5, 5.41) is 2.54. The maximum absolute atomic E-state index is 5.72. The third-order valence-electron chi connectivity index (χ3n) is 3.79. The first-order chi connectivity index (χ1) is 8.84. The number of nitrogens with two attached hydrogens (primary N) is 1. The Morgan fingerprint density at radius 2 is 1.83 bits per heavy atom. The van der Waals surface area contributed by atoms with E-state index in [1.807, 2.05) is 0 Å². The summed E-state index contributed by atoms with van der Waals surface area (Å²) in [6.07, 6.45) is 8.18. The predicted molar refractivity (Wildman–Crippen MR) is 75.0 cm³/mol. The number of rotatable bonds is 7. The number of aryl methyl sites for hydroxylation is 1. The van der Waals surface area contributed by atoms with Crippen molar-refractivity contribution in [1.82, 2.24) is 0 Å². The van der Waals surface area contributed by atoms with E-state index in [1.165, 1.54) is 44.2 Å². The molecule has 2 nitrogen and oxygen atoms in total. The van der Waals surface area contributed by atoms with E-state index in [1.54, 1.807) is 0 Å². The Morgan fingerprint density at radius 1 is 1.11 bits per heavy atom. The van der Waals surface area contributed by atoms with Gasteiger partial charge in [-0.2, -0.15) is 0 Å². The second-order valence-corrected chi connectivity index (χ2v) is 5.44. The molecule has 1 aromatic rings. The molecule has 0 amide bonds. The molecule has 2 rings (SSSR count). The van der Waals surface area contributed by atoms with Crippen LogP contribution >= 0.6 is 0 Å². The van der Waals surface area contributed by atoms with Crippen molar-refractivity contribution < 1.29 is 10.1 Å². The molecule has 1 aliphatic rings. The topological polar surface area (TPSA) is 25.8 Å². The van der Waals surface area contributed by atoms with Gasteiger partial charge in [0.2, 0.25) is 0 Å². The average molecular weight is 248 g/mol. The van der Waals surface area contributed by atoms with Crippen molar-refractivity contribution in [3.05, 3.63) is 29.8 Å². The minimum absolute atomic E-state index is 0.849. The van der Waals surface area contributed by atoms with Crippen molar-refractivity contribution >= 4 is 0 Å². The van der Waals surface area contributed by atoms with Crippen LogP contribution in [0.25, 0.3) is 0 Å². The van der Waals surface area contributed by atoms with Crippen molar-refractivity contribution in [2.75, 3.05) is 13.2 Å². The smallest absolute Gasteiger partial charge is 0.119 e. The van der Waals surface area contributed by atoms with Crippen LogP contribution in [0, 0.1) is 6.92 Å². The van der Waals surface area contributed by atoms with Crippen LogP contribution in [-0.4, -0.2) is 19.2 Å². The number of unbranched alkanes of at least 4 members (excludes halogenated alkanes) is 1. The van der Waals surface area contributed by atoms with Gasteiger partial charge in [-0.05, 0) is 57.6 Å². The molecule has 2 N–H and O–H groups in total. The number of hydrogen-bond acceptors (Lipinski definition) is 1. The Hall–Kier alpha value is -1.02. The lowest BCUT2D eigenvalue weighted by molar-refractivity contribution is -0.688. The molecule has 0 aliphatic heterocycles. The molecular weight excluding hydrogens is 222 g/mol. The van der Waals surface area contributed by atoms with Gasteiger partial charge in [-0.15, -0.1) is 0 Å². The van der Waals surface area contributed by atoms with Crippen molar-refractivity contribution in [3.8, 4) is 5.75 Å². The lowest BCUT2D eigenvalue weighted by Gasteiger charge is -2.09. The third kappa shape index (κ3) is 4.69. The third-order valence-corrected chi connectivity index (χ3v) is 3.79. The van der Waals surface area contributed by atoms with Crippen molar-refractivity contribution in [2.24, 2.45) is 0 Å². The summed E-state index contributed by atoms with van der Waals surface area (Å²) < 4.78 is 5.72. The van der Waals surface area contributed by atoms with Crippen LogP contribution in [0.15, 0.2) is 24.3 Å². The molecule has 0 bridgehead atoms. The molecule has 0 atom stereocenters. The van der Waals surface area contributed by atoms with E-state index in [0.717, 1.165) is 24.8 Å². The van der Waals surface area contributed by atoms with E-state index in [9.17, 15) is 0 Å². The maximum Gasteiger partial charge on any atom is 0.119 e. The molecular formula is C16H26NO+. The number of quaternary nitrogens is 1. The van der Waals surface area contributed by atoms with Gasteiger partial charge in [-0.25, -0.2) is 0 Å². The zero-order valence-electron chi connectivity index (χ0n) is 11.5. The highest BCUT2D eigenvalue weighted by Gasteiger charge is 2.16. The Morgan fingerprint density at radius 3 is 2.56 bits per heavy atom. The number of hydrogen-bond donors (Lipinski definition) is 1. The lowest BCUT2D eigenvalue weighted by atomic mass is 10.2. The fraction of sp³-hybridized carbons (Fsp3) is 0.625. The van der Waals surface area contributed by atoms with Crippen LogP contribution in [0.3, 0.4) is 0 Å². The fourth-order valence-electron chi connectivity index (χ4n) is 2.62. The summed E-state index contributed by atoms with van der Waals surface area (Å²) in [5.41, 5.74) is 1.29. The highest BCUT2D eigenvalue weighted by molar-refractivity contribution is 5.26. The molecule has 0 aromatic heterocycles. The standard InChI is InChI=1S/C16H25NO/c1-14-8-10-16(11-9-14)18-13-5-4-12-17-15-6-2-3-7-15/h8-11,15,17H,2-7,12-13H2,1H3/p+1. The van der Waals surface area contributed by atoms with Crippen LogP contribution in [0.2, 0.25) is 0 Å². The Balaban J connectivity index is 1.49. The zero-order chi connectivity index (χ0) is 12.6. The van der Waals surface area contributed by atoms with Gasteiger partial charge in [-0.1, -0.05) is 17.7 Å². The Bertz CT molecular complexity index is 327. The number of ether oxygens (including phenoxy) is 1. The van der Waals surface area contributed by atoms with E-state index < -0.39 is 0 Å². The van der Waals surface area contributed by atoms with E-state index in [-0.39, 0.29) is 0 Å². The molecule has 1 aromatic carbocycles. The Kier molecular flexibility index (Phi) is 5.53. The number of benzene rings is 1. The van der Waals surface area contributed by atoms with Gasteiger partial charge >= 0.3 is 0 Å². The van der Waals surface area contributed by atoms with Crippen LogP contribution in [-0.2, 0) is 0 Å². The van der Waals surface area contributed by atoms with Gasteiger partial charge in [0.25, 0.3) is 0 Å². The maximum atomic E-state index is 5.72. The average Bonchev–Trinajstić information content (AvgIpc) is 2.89. The van der Waals surface area contributed by atoms with Crippen LogP contribution in [0.1, 0.15) is 44.1 Å². The van der Waals surface area contributed by atoms with Crippen LogP contribution in [0.5, 0.6) is 5.75 Å². The van der Waals surface area contributed by atoms with Gasteiger partial charge in [0.1, 0.15) is 5.75 Å². The molecule has 0 unspecified atom stereocenters. The summed E-state index contributed by atoms with van der Waals surface area (Å²) in [5.74, 6) is 1.00. The SMILES string of the molecule is Cc1ccc(OCCCC[NH2+]C2CCCC2)cc1. The molecule has 0 spiro atoms. The van der Waals surface area contributed by atoms with E-state index in [2.05, 4.69) is 36.5 Å². The van der Waals surface area contributed by atoms with E-state index in [0.29, 0.717) is 0 Å². The van der Waals surface area contributed by atoms with Crippen molar-refractivity contribution in [2.45, 2.75) is 51.5 Å². The zero-order valence-corrected chi connectivity index (χ0v) is 11.5. The first-order valence-electron chi connectivity index (χ1n) is 7.37. The van der Waals surface area contributed by atoms with Crippen LogP contribution in [0.4, 0.5) is 0 Å². The summed E-state index contributed by atoms with van der Waals surface area (Å²) in [6.45, 7) is 4.21. The summed E-state index contributed by atoms with van der Waals surface area (Å²) in [6, 6.07) is 9.23. The molecule has 1 fully saturated rings. The Labute approximate surface area is 111 Å². The monoisotopic (exact) mass is 248 g/mol. The molecule has 18 heavy (non-hydrogen) atoms. The highest BCUT2D eigenvalue weighted by atomic mass is 16.5. The van der Waals surface area contributed by atoms with E-state index in [4.69, 9.17) is 4.74 Å². The van der Waals surface area contributed by atoms with Gasteiger partial charge in [-0.3, -0.25) is 0 Å². The summed E-state index contributed by atoms with van der Waals surface area (Å²) >= 11 is 0. The molecule has 1 saturated carbocycles. The molecule has 0 saturated heterocycles. The molecule has 2 heteroatoms. The highest BCUT2D eigenvalue weighted by Crippen LogP contribution is 2.14. The predicted octanol–water partition coefficient (Wildman–Crippen LogP) is 2.66. The summed E-state index contributed by atoms with van der Waals surface area (Å²) in [7, 11) is 0. The summed E-state index contributed by atoms with van der Waals surface area (Å²) in [4.78, 5) is 0. The second-order valence-electron chi connectivity index (χ2n) is 5.44. The quantitative estimate of drug-likeness (QED) is 0.738. The second kappa shape index (κ2) is 7.42. The molecule has 100 valence electrons. The van der Waals surface area contributed by atoms with E-state index >= 15 is 0 Å². The molecule has 0 heterocycles. The lowest BCUT2D eigenvalue weighted by Crippen LogP contribution is -2.89. The fourth-order valence-corrected chi connectivity index (χ4v) is 2.62. The molecule has 0 radical (unpaired) electrons. The normalized spacial score (nSPS) is 16.1. The minimum atomic E-state index is 0.849. The van der Waals surface area contributed by atoms with Crippen molar-refractivity contribution in [1.29, 1.82) is 0 Å². The van der Waals surface area contributed by atoms with Crippen LogP contribution < -0.4 is 10.1 Å². The van der Waals surface area contributed by atoms with Gasteiger partial charge in [0.15, 0.2) is 0 Å². The van der Waals surface area contributed by atoms with Gasteiger partial charge in [0.05, 0.1) is 19.2 Å².